The quantitative estimate of drug-likeness (QED) is 0.270. The van der Waals surface area contributed by atoms with Crippen molar-refractivity contribution in [2.45, 2.75) is 19.9 Å². The SMILES string of the molecule is COc1cc2c(-c3ccccc3)c(C(=O)/C=C/c3ccncc3)c(=O)n(C(C)C)c2cc1OC. The first kappa shape index (κ1) is 23.0. The van der Waals surface area contributed by atoms with Gasteiger partial charge in [-0.05, 0) is 49.2 Å². The zero-order chi connectivity index (χ0) is 24.2. The van der Waals surface area contributed by atoms with Crippen molar-refractivity contribution in [1.29, 1.82) is 0 Å². The summed E-state index contributed by atoms with van der Waals surface area (Å²) >= 11 is 0. The molecule has 2 aromatic carbocycles. The van der Waals surface area contributed by atoms with Crippen LogP contribution in [-0.4, -0.2) is 29.6 Å². The van der Waals surface area contributed by atoms with Gasteiger partial charge in [-0.1, -0.05) is 36.4 Å². The molecule has 0 aliphatic heterocycles. The molecule has 0 saturated heterocycles. The predicted octanol–water partition coefficient (Wildman–Crippen LogP) is 5.56. The van der Waals surface area contributed by atoms with Crippen molar-refractivity contribution >= 4 is 22.8 Å². The number of hydrogen-bond acceptors (Lipinski definition) is 5. The highest BCUT2D eigenvalue weighted by Gasteiger charge is 2.24. The lowest BCUT2D eigenvalue weighted by molar-refractivity contribution is 0.104. The Morgan fingerprint density at radius 3 is 2.24 bits per heavy atom. The Bertz CT molecular complexity index is 1420. The third-order valence-electron chi connectivity index (χ3n) is 5.67. The summed E-state index contributed by atoms with van der Waals surface area (Å²) in [6.07, 6.45) is 6.44. The molecule has 2 heterocycles. The molecule has 6 nitrogen and oxygen atoms in total. The normalized spacial score (nSPS) is 11.3. The number of carbonyl (C=O) groups excluding carboxylic acids is 1. The summed E-state index contributed by atoms with van der Waals surface area (Å²) < 4.78 is 12.7. The Hall–Kier alpha value is -4.19. The number of allylic oxidation sites excluding steroid dienone is 1. The number of hydrogen-bond donors (Lipinski definition) is 0. The number of ether oxygens (including phenoxy) is 2. The lowest BCUT2D eigenvalue weighted by atomic mass is 9.92. The number of aromatic nitrogens is 2. The van der Waals surface area contributed by atoms with Crippen molar-refractivity contribution in [1.82, 2.24) is 9.55 Å². The Kier molecular flexibility index (Phi) is 6.59. The minimum absolute atomic E-state index is 0.116. The van der Waals surface area contributed by atoms with Gasteiger partial charge in [-0.3, -0.25) is 14.6 Å². The maximum absolute atomic E-state index is 13.9. The van der Waals surface area contributed by atoms with Crippen LogP contribution >= 0.6 is 0 Å². The second-order valence-electron chi connectivity index (χ2n) is 8.09. The largest absolute Gasteiger partial charge is 0.493 e. The molecule has 0 unspecified atom stereocenters. The monoisotopic (exact) mass is 454 g/mol. The van der Waals surface area contributed by atoms with Gasteiger partial charge in [0.25, 0.3) is 5.56 Å². The van der Waals surface area contributed by atoms with Crippen molar-refractivity contribution in [2.75, 3.05) is 14.2 Å². The molecule has 0 saturated carbocycles. The van der Waals surface area contributed by atoms with Crippen LogP contribution in [0, 0.1) is 0 Å². The fourth-order valence-corrected chi connectivity index (χ4v) is 4.11. The number of pyridine rings is 2. The summed E-state index contributed by atoms with van der Waals surface area (Å²) in [7, 11) is 3.12. The van der Waals surface area contributed by atoms with Crippen molar-refractivity contribution in [3.63, 3.8) is 0 Å². The second-order valence-corrected chi connectivity index (χ2v) is 8.09. The zero-order valence-electron chi connectivity index (χ0n) is 19.6. The molecule has 0 aliphatic carbocycles. The minimum Gasteiger partial charge on any atom is -0.493 e. The smallest absolute Gasteiger partial charge is 0.263 e. The van der Waals surface area contributed by atoms with Crippen LogP contribution in [0.5, 0.6) is 11.5 Å². The first-order valence-corrected chi connectivity index (χ1v) is 11.0. The molecule has 0 radical (unpaired) electrons. The van der Waals surface area contributed by atoms with E-state index >= 15 is 0 Å². The number of rotatable bonds is 7. The van der Waals surface area contributed by atoms with Crippen molar-refractivity contribution in [3.05, 3.63) is 94.5 Å². The number of nitrogens with zero attached hydrogens (tertiary/aromatic N) is 2. The van der Waals surface area contributed by atoms with E-state index in [1.807, 2.05) is 50.2 Å². The van der Waals surface area contributed by atoms with E-state index in [0.29, 0.717) is 22.6 Å². The number of fused-ring (bicyclic) bond motifs is 1. The van der Waals surface area contributed by atoms with Gasteiger partial charge in [0.05, 0.1) is 25.3 Å². The van der Waals surface area contributed by atoms with E-state index in [1.54, 1.807) is 55.5 Å². The Morgan fingerprint density at radius 2 is 1.62 bits per heavy atom. The lowest BCUT2D eigenvalue weighted by Crippen LogP contribution is -2.29. The summed E-state index contributed by atoms with van der Waals surface area (Å²) in [4.78, 5) is 31.4. The number of carbonyl (C=O) groups is 1. The maximum Gasteiger partial charge on any atom is 0.263 e. The molecular formula is C28H26N2O4. The van der Waals surface area contributed by atoms with Crippen molar-refractivity contribution in [3.8, 4) is 22.6 Å². The minimum atomic E-state index is -0.369. The van der Waals surface area contributed by atoms with Gasteiger partial charge in [0.1, 0.15) is 0 Å². The molecule has 0 spiro atoms. The lowest BCUT2D eigenvalue weighted by Gasteiger charge is -2.21. The summed E-state index contributed by atoms with van der Waals surface area (Å²) in [6, 6.07) is 16.5. The van der Waals surface area contributed by atoms with E-state index in [-0.39, 0.29) is 22.9 Å². The standard InChI is InChI=1S/C28H26N2O4/c1-18(2)30-22-17-25(34-4)24(33-3)16-21(22)26(20-8-6-5-7-9-20)27(28(30)32)23(31)11-10-19-12-14-29-15-13-19/h5-18H,1-4H3/b11-10+. The summed E-state index contributed by atoms with van der Waals surface area (Å²) in [5, 5.41) is 0.734. The molecule has 4 rings (SSSR count). The van der Waals surface area contributed by atoms with Crippen LogP contribution in [0.1, 0.15) is 35.8 Å². The molecule has 6 heteroatoms. The highest BCUT2D eigenvalue weighted by atomic mass is 16.5. The van der Waals surface area contributed by atoms with E-state index in [4.69, 9.17) is 9.47 Å². The number of ketones is 1. The van der Waals surface area contributed by atoms with Crippen molar-refractivity contribution < 1.29 is 14.3 Å². The second kappa shape index (κ2) is 9.75. The Morgan fingerprint density at radius 1 is 0.971 bits per heavy atom. The molecule has 0 N–H and O–H groups in total. The molecular weight excluding hydrogens is 428 g/mol. The average molecular weight is 455 g/mol. The Balaban J connectivity index is 2.10. The van der Waals surface area contributed by atoms with Gasteiger partial charge >= 0.3 is 0 Å². The van der Waals surface area contributed by atoms with Gasteiger partial charge in [0.15, 0.2) is 17.3 Å². The molecule has 4 aromatic rings. The van der Waals surface area contributed by atoms with Crippen molar-refractivity contribution in [2.24, 2.45) is 0 Å². The van der Waals surface area contributed by atoms with Gasteiger partial charge in [-0.2, -0.15) is 0 Å². The van der Waals surface area contributed by atoms with Crippen LogP contribution in [0.4, 0.5) is 0 Å². The van der Waals surface area contributed by atoms with Crippen LogP contribution < -0.4 is 15.0 Å². The summed E-state index contributed by atoms with van der Waals surface area (Å²) in [5.74, 6) is 0.665. The average Bonchev–Trinajstić information content (AvgIpc) is 2.86. The predicted molar refractivity (Wildman–Crippen MR) is 135 cm³/mol. The molecule has 0 fully saturated rings. The highest BCUT2D eigenvalue weighted by molar-refractivity contribution is 6.15. The van der Waals surface area contributed by atoms with Crippen LogP contribution in [0.2, 0.25) is 0 Å². The van der Waals surface area contributed by atoms with Crippen LogP contribution in [0.3, 0.4) is 0 Å². The fraction of sp³-hybridized carbons (Fsp3) is 0.179. The van der Waals surface area contributed by atoms with E-state index in [9.17, 15) is 9.59 Å². The molecule has 34 heavy (non-hydrogen) atoms. The van der Waals surface area contributed by atoms with Crippen LogP contribution in [0.15, 0.2) is 77.9 Å². The van der Waals surface area contributed by atoms with Gasteiger partial charge in [0.2, 0.25) is 0 Å². The number of methoxy groups -OCH3 is 2. The van der Waals surface area contributed by atoms with Gasteiger partial charge in [-0.15, -0.1) is 0 Å². The van der Waals surface area contributed by atoms with E-state index in [1.165, 1.54) is 6.08 Å². The van der Waals surface area contributed by atoms with Crippen LogP contribution in [0.25, 0.3) is 28.1 Å². The zero-order valence-corrected chi connectivity index (χ0v) is 19.6. The molecule has 0 bridgehead atoms. The highest BCUT2D eigenvalue weighted by Crippen LogP contribution is 2.38. The maximum atomic E-state index is 13.9. The molecule has 2 aromatic heterocycles. The Labute approximate surface area is 198 Å². The third-order valence-corrected chi connectivity index (χ3v) is 5.67. The molecule has 172 valence electrons. The topological polar surface area (TPSA) is 70.4 Å². The van der Waals surface area contributed by atoms with E-state index in [0.717, 1.165) is 16.5 Å². The fourth-order valence-electron chi connectivity index (χ4n) is 4.11. The summed E-state index contributed by atoms with van der Waals surface area (Å²) in [5.41, 5.74) is 2.60. The first-order chi connectivity index (χ1) is 16.5. The van der Waals surface area contributed by atoms with Gasteiger partial charge in [-0.25, -0.2) is 0 Å². The van der Waals surface area contributed by atoms with Crippen LogP contribution in [-0.2, 0) is 0 Å². The first-order valence-electron chi connectivity index (χ1n) is 11.0. The molecule has 0 aliphatic rings. The van der Waals surface area contributed by atoms with E-state index < -0.39 is 0 Å². The van der Waals surface area contributed by atoms with E-state index in [2.05, 4.69) is 4.98 Å². The number of benzene rings is 2. The third kappa shape index (κ3) is 4.22. The van der Waals surface area contributed by atoms with Gasteiger partial charge in [0, 0.05) is 35.5 Å². The molecule has 0 amide bonds. The summed E-state index contributed by atoms with van der Waals surface area (Å²) in [6.45, 7) is 3.83. The molecule has 0 atom stereocenters. The van der Waals surface area contributed by atoms with Gasteiger partial charge < -0.3 is 14.0 Å².